The molecule has 0 bridgehead atoms. The molecule has 0 saturated carbocycles. The maximum absolute atomic E-state index is 13.9. The molecular weight excluding hydrogens is 588 g/mol. The molecule has 39 heavy (non-hydrogen) atoms. The van der Waals surface area contributed by atoms with Crippen LogP contribution in [0.25, 0.3) is 0 Å². The Hall–Kier alpha value is -3.77. The highest BCUT2D eigenvalue weighted by Gasteiger charge is 2.33. The second-order valence-corrected chi connectivity index (χ2v) is 11.6. The van der Waals surface area contributed by atoms with E-state index in [4.69, 9.17) is 0 Å². The molecule has 0 fully saturated rings. The summed E-state index contributed by atoms with van der Waals surface area (Å²) in [6, 6.07) is 20.5. The summed E-state index contributed by atoms with van der Waals surface area (Å²) in [6.07, 6.45) is 1.12. The summed E-state index contributed by atoms with van der Waals surface area (Å²) in [4.78, 5) is 39.2. The van der Waals surface area contributed by atoms with E-state index in [0.717, 1.165) is 32.2 Å². The van der Waals surface area contributed by atoms with Crippen molar-refractivity contribution >= 4 is 49.1 Å². The first-order valence-corrected chi connectivity index (χ1v) is 14.7. The fraction of sp³-hybridized carbons (Fsp3) is 0.259. The quantitative estimate of drug-likeness (QED) is 0.243. The molecule has 0 heterocycles. The Labute approximate surface area is 236 Å². The molecule has 206 valence electrons. The van der Waals surface area contributed by atoms with Gasteiger partial charge in [0.05, 0.1) is 16.9 Å². The molecule has 12 heteroatoms. The summed E-state index contributed by atoms with van der Waals surface area (Å²) in [5.41, 5.74) is 1.21. The van der Waals surface area contributed by atoms with Crippen LogP contribution in [0, 0.1) is 10.1 Å². The highest BCUT2D eigenvalue weighted by Crippen LogP contribution is 2.24. The van der Waals surface area contributed by atoms with E-state index in [1.807, 2.05) is 42.5 Å². The number of hydrogen-bond acceptors (Lipinski definition) is 6. The van der Waals surface area contributed by atoms with Gasteiger partial charge in [-0.3, -0.25) is 24.0 Å². The van der Waals surface area contributed by atoms with E-state index in [1.165, 1.54) is 23.1 Å². The highest BCUT2D eigenvalue weighted by molar-refractivity contribution is 9.10. The standard InChI is InChI=1S/C27H29BrN4O6S/c1-3-29-27(34)25(16-20-8-5-4-6-9-20)30(18-21-12-14-22(28)15-13-21)26(33)19-31(39(2,37)38)23-10-7-11-24(17-23)32(35)36/h4-15,17,25H,3,16,18-19H2,1-2H3,(H,29,34)/t25-/m0/s1. The van der Waals surface area contributed by atoms with E-state index in [-0.39, 0.29) is 30.2 Å². The molecule has 2 amide bonds. The molecule has 0 aliphatic carbocycles. The van der Waals surface area contributed by atoms with E-state index < -0.39 is 33.4 Å². The second kappa shape index (κ2) is 13.3. The third-order valence-corrected chi connectivity index (χ3v) is 7.57. The van der Waals surface area contributed by atoms with Crippen molar-refractivity contribution < 1.29 is 22.9 Å². The van der Waals surface area contributed by atoms with Crippen molar-refractivity contribution in [2.75, 3.05) is 23.7 Å². The van der Waals surface area contributed by atoms with Gasteiger partial charge in [-0.1, -0.05) is 64.5 Å². The molecule has 10 nitrogen and oxygen atoms in total. The summed E-state index contributed by atoms with van der Waals surface area (Å²) < 4.78 is 27.2. The Kier molecular flexibility index (Phi) is 10.2. The Bertz CT molecular complexity index is 1420. The highest BCUT2D eigenvalue weighted by atomic mass is 79.9. The topological polar surface area (TPSA) is 130 Å². The number of halogens is 1. The van der Waals surface area contributed by atoms with Crippen LogP contribution >= 0.6 is 15.9 Å². The number of rotatable bonds is 12. The van der Waals surface area contributed by atoms with Crippen molar-refractivity contribution in [2.45, 2.75) is 25.9 Å². The minimum absolute atomic E-state index is 0.0266. The van der Waals surface area contributed by atoms with E-state index in [9.17, 15) is 28.1 Å². The smallest absolute Gasteiger partial charge is 0.271 e. The van der Waals surface area contributed by atoms with Gasteiger partial charge < -0.3 is 10.2 Å². The lowest BCUT2D eigenvalue weighted by molar-refractivity contribution is -0.384. The Morgan fingerprint density at radius 1 is 1.00 bits per heavy atom. The average molecular weight is 618 g/mol. The molecule has 0 aliphatic heterocycles. The van der Waals surface area contributed by atoms with Crippen LogP contribution in [-0.4, -0.2) is 55.4 Å². The number of sulfonamides is 1. The molecule has 0 aromatic heterocycles. The number of hydrogen-bond donors (Lipinski definition) is 1. The first-order chi connectivity index (χ1) is 18.5. The van der Waals surface area contributed by atoms with E-state index in [1.54, 1.807) is 19.1 Å². The first-order valence-electron chi connectivity index (χ1n) is 12.1. The van der Waals surface area contributed by atoms with Crippen LogP contribution in [0.15, 0.2) is 83.3 Å². The summed E-state index contributed by atoms with van der Waals surface area (Å²) >= 11 is 3.39. The summed E-state index contributed by atoms with van der Waals surface area (Å²) in [7, 11) is -4.03. The zero-order valence-corrected chi connectivity index (χ0v) is 23.9. The van der Waals surface area contributed by atoms with E-state index >= 15 is 0 Å². The van der Waals surface area contributed by atoms with Gasteiger partial charge in [0.2, 0.25) is 21.8 Å². The predicted molar refractivity (Wildman–Crippen MR) is 153 cm³/mol. The van der Waals surface area contributed by atoms with Gasteiger partial charge in [-0.05, 0) is 36.2 Å². The van der Waals surface area contributed by atoms with Crippen molar-refractivity contribution in [2.24, 2.45) is 0 Å². The van der Waals surface area contributed by atoms with Crippen molar-refractivity contribution in [3.63, 3.8) is 0 Å². The summed E-state index contributed by atoms with van der Waals surface area (Å²) in [6.45, 7) is 1.49. The first kappa shape index (κ1) is 29.8. The molecule has 3 aromatic carbocycles. The number of likely N-dealkylation sites (N-methyl/N-ethyl adjacent to an activating group) is 1. The number of anilines is 1. The zero-order chi connectivity index (χ0) is 28.6. The molecule has 3 aromatic rings. The number of benzene rings is 3. The average Bonchev–Trinajstić information content (AvgIpc) is 2.90. The van der Waals surface area contributed by atoms with Crippen LogP contribution in [0.5, 0.6) is 0 Å². The van der Waals surface area contributed by atoms with Crippen LogP contribution in [0.2, 0.25) is 0 Å². The molecule has 0 saturated heterocycles. The SMILES string of the molecule is CCNC(=O)[C@H](Cc1ccccc1)N(Cc1ccc(Br)cc1)C(=O)CN(c1cccc([N+](=O)[O-])c1)S(C)(=O)=O. The van der Waals surface area contributed by atoms with Crippen molar-refractivity contribution in [1.82, 2.24) is 10.2 Å². The Morgan fingerprint density at radius 3 is 2.26 bits per heavy atom. The lowest BCUT2D eigenvalue weighted by Gasteiger charge is -2.33. The molecule has 3 rings (SSSR count). The third kappa shape index (κ3) is 8.36. The number of nitro benzene ring substituents is 1. The maximum atomic E-state index is 13.9. The lowest BCUT2D eigenvalue weighted by atomic mass is 10.0. The van der Waals surface area contributed by atoms with Crippen molar-refractivity contribution in [3.05, 3.63) is 105 Å². The number of nitrogens with zero attached hydrogens (tertiary/aromatic N) is 3. The monoisotopic (exact) mass is 616 g/mol. The third-order valence-electron chi connectivity index (χ3n) is 5.90. The summed E-state index contributed by atoms with van der Waals surface area (Å²) in [5, 5.41) is 14.1. The zero-order valence-electron chi connectivity index (χ0n) is 21.5. The predicted octanol–water partition coefficient (Wildman–Crippen LogP) is 3.90. The summed E-state index contributed by atoms with van der Waals surface area (Å²) in [5.74, 6) is -1.02. The minimum Gasteiger partial charge on any atom is -0.355 e. The van der Waals surface area contributed by atoms with Crippen molar-refractivity contribution in [3.8, 4) is 0 Å². The van der Waals surface area contributed by atoms with Crippen LogP contribution in [-0.2, 0) is 32.6 Å². The molecule has 1 atom stereocenters. The number of carbonyl (C=O) groups excluding carboxylic acids is 2. The van der Waals surface area contributed by atoms with Crippen LogP contribution < -0.4 is 9.62 Å². The minimum atomic E-state index is -4.03. The largest absolute Gasteiger partial charge is 0.355 e. The molecule has 0 radical (unpaired) electrons. The number of carbonyl (C=O) groups is 2. The van der Waals surface area contributed by atoms with Gasteiger partial charge in [0.15, 0.2) is 0 Å². The van der Waals surface area contributed by atoms with Gasteiger partial charge in [0.25, 0.3) is 5.69 Å². The van der Waals surface area contributed by atoms with E-state index in [0.29, 0.717) is 6.54 Å². The van der Waals surface area contributed by atoms with Gasteiger partial charge in [-0.2, -0.15) is 0 Å². The van der Waals surface area contributed by atoms with Crippen molar-refractivity contribution in [1.29, 1.82) is 0 Å². The van der Waals surface area contributed by atoms with Gasteiger partial charge in [0.1, 0.15) is 12.6 Å². The molecular formula is C27H29BrN4O6S. The van der Waals surface area contributed by atoms with E-state index in [2.05, 4.69) is 21.2 Å². The molecule has 0 spiro atoms. The van der Waals surface area contributed by atoms with Gasteiger partial charge in [-0.15, -0.1) is 0 Å². The Balaban J connectivity index is 2.05. The Morgan fingerprint density at radius 2 is 1.67 bits per heavy atom. The van der Waals surface area contributed by atoms with Crippen LogP contribution in [0.1, 0.15) is 18.1 Å². The van der Waals surface area contributed by atoms with Gasteiger partial charge in [-0.25, -0.2) is 8.42 Å². The fourth-order valence-corrected chi connectivity index (χ4v) is 5.11. The maximum Gasteiger partial charge on any atom is 0.271 e. The molecule has 0 unspecified atom stereocenters. The molecule has 0 aliphatic rings. The number of nitrogens with one attached hydrogen (secondary N) is 1. The lowest BCUT2D eigenvalue weighted by Crippen LogP contribution is -2.53. The fourth-order valence-electron chi connectivity index (χ4n) is 4.01. The van der Waals surface area contributed by atoms with Gasteiger partial charge in [0, 0.05) is 36.1 Å². The van der Waals surface area contributed by atoms with Gasteiger partial charge >= 0.3 is 0 Å². The number of non-ortho nitro benzene ring substituents is 1. The molecule has 1 N–H and O–H groups in total. The number of amides is 2. The number of nitro groups is 1. The van der Waals surface area contributed by atoms with Crippen LogP contribution in [0.4, 0.5) is 11.4 Å². The van der Waals surface area contributed by atoms with Crippen LogP contribution in [0.3, 0.4) is 0 Å². The normalized spacial score (nSPS) is 11.9. The second-order valence-electron chi connectivity index (χ2n) is 8.79.